The molecule has 2 amide bonds. The normalized spacial score (nSPS) is 19.3. The maximum Gasteiger partial charge on any atom is 0.395 e. The highest BCUT2D eigenvalue weighted by Crippen LogP contribution is 2.39. The summed E-state index contributed by atoms with van der Waals surface area (Å²) in [7, 11) is 0. The van der Waals surface area contributed by atoms with E-state index in [0.717, 1.165) is 11.1 Å². The molecule has 0 spiro atoms. The average molecular weight is 595 g/mol. The summed E-state index contributed by atoms with van der Waals surface area (Å²) in [5, 5.41) is 0. The van der Waals surface area contributed by atoms with Gasteiger partial charge in [0.1, 0.15) is 0 Å². The number of halogens is 4. The summed E-state index contributed by atoms with van der Waals surface area (Å²) < 4.78 is 81.2. The Bertz CT molecular complexity index is 1240. The lowest BCUT2D eigenvalue weighted by Crippen LogP contribution is -2.64. The SMILES string of the molecule is O=C(N1CCN(Cc2ccc3c(c2)OCO3)CC1)C(F)(F)C(F)(F)C(=O)N1CCN(Cc2ccc3c(c2)OCO3)CC1. The van der Waals surface area contributed by atoms with Gasteiger partial charge >= 0.3 is 11.8 Å². The van der Waals surface area contributed by atoms with Crippen molar-refractivity contribution in [1.29, 1.82) is 0 Å². The Morgan fingerprint density at radius 1 is 0.571 bits per heavy atom. The molecule has 0 unspecified atom stereocenters. The van der Waals surface area contributed by atoms with Crippen LogP contribution in [0.5, 0.6) is 23.0 Å². The van der Waals surface area contributed by atoms with Crippen molar-refractivity contribution in [1.82, 2.24) is 19.6 Å². The molecule has 0 atom stereocenters. The van der Waals surface area contributed by atoms with Gasteiger partial charge in [-0.25, -0.2) is 0 Å². The van der Waals surface area contributed by atoms with Crippen LogP contribution in [0.3, 0.4) is 0 Å². The number of benzene rings is 2. The van der Waals surface area contributed by atoms with E-state index in [0.29, 0.717) is 45.9 Å². The average Bonchev–Trinajstić information content (AvgIpc) is 3.66. The third-order valence-corrected chi connectivity index (χ3v) is 7.94. The molecule has 0 N–H and O–H groups in total. The van der Waals surface area contributed by atoms with Crippen LogP contribution in [0.1, 0.15) is 11.1 Å². The van der Waals surface area contributed by atoms with Crippen molar-refractivity contribution in [2.24, 2.45) is 0 Å². The largest absolute Gasteiger partial charge is 0.454 e. The van der Waals surface area contributed by atoms with Crippen LogP contribution >= 0.6 is 0 Å². The van der Waals surface area contributed by atoms with E-state index in [9.17, 15) is 27.2 Å². The lowest BCUT2D eigenvalue weighted by molar-refractivity contribution is -0.224. The molecular weight excluding hydrogens is 564 g/mol. The van der Waals surface area contributed by atoms with Crippen LogP contribution in [0.2, 0.25) is 0 Å². The van der Waals surface area contributed by atoms with Crippen molar-refractivity contribution in [3.05, 3.63) is 47.5 Å². The summed E-state index contributed by atoms with van der Waals surface area (Å²) in [5.41, 5.74) is 1.80. The molecule has 6 rings (SSSR count). The fraction of sp³-hybridized carbons (Fsp3) is 0.500. The van der Waals surface area contributed by atoms with Crippen molar-refractivity contribution >= 4 is 11.8 Å². The quantitative estimate of drug-likeness (QED) is 0.453. The Kier molecular flexibility index (Phi) is 7.51. The molecule has 10 nitrogen and oxygen atoms in total. The van der Waals surface area contributed by atoms with E-state index in [1.54, 1.807) is 12.1 Å². The topological polar surface area (TPSA) is 84.0 Å². The molecule has 2 fully saturated rings. The smallest absolute Gasteiger partial charge is 0.395 e. The minimum Gasteiger partial charge on any atom is -0.454 e. The summed E-state index contributed by atoms with van der Waals surface area (Å²) in [5.74, 6) is -11.9. The summed E-state index contributed by atoms with van der Waals surface area (Å²) in [4.78, 5) is 30.5. The molecular formula is C28H30F4N4O6. The van der Waals surface area contributed by atoms with E-state index in [1.165, 1.54) is 0 Å². The first-order valence-electron chi connectivity index (χ1n) is 13.7. The van der Waals surface area contributed by atoms with Crippen molar-refractivity contribution in [3.63, 3.8) is 0 Å². The number of fused-ring (bicyclic) bond motifs is 2. The van der Waals surface area contributed by atoms with E-state index in [1.807, 2.05) is 34.1 Å². The van der Waals surface area contributed by atoms with Crippen LogP contribution in [0.4, 0.5) is 17.6 Å². The Morgan fingerprint density at radius 2 is 0.929 bits per heavy atom. The lowest BCUT2D eigenvalue weighted by atomic mass is 10.1. The van der Waals surface area contributed by atoms with Gasteiger partial charge in [0.25, 0.3) is 11.8 Å². The van der Waals surface area contributed by atoms with Gasteiger partial charge in [-0.2, -0.15) is 17.6 Å². The predicted octanol–water partition coefficient (Wildman–Crippen LogP) is 2.40. The molecule has 2 aromatic carbocycles. The maximum absolute atomic E-state index is 15.0. The second-order valence-corrected chi connectivity index (χ2v) is 10.7. The number of carbonyl (C=O) groups is 2. The van der Waals surface area contributed by atoms with Gasteiger partial charge in [0, 0.05) is 65.4 Å². The molecule has 4 aliphatic rings. The second kappa shape index (κ2) is 11.1. The second-order valence-electron chi connectivity index (χ2n) is 10.7. The molecule has 226 valence electrons. The van der Waals surface area contributed by atoms with Crippen LogP contribution in [0.25, 0.3) is 0 Å². The first-order chi connectivity index (χ1) is 20.1. The van der Waals surface area contributed by atoms with Crippen LogP contribution in [-0.2, 0) is 22.7 Å². The summed E-state index contributed by atoms with van der Waals surface area (Å²) >= 11 is 0. The zero-order valence-electron chi connectivity index (χ0n) is 22.7. The van der Waals surface area contributed by atoms with E-state index in [-0.39, 0.29) is 65.9 Å². The predicted molar refractivity (Wildman–Crippen MR) is 139 cm³/mol. The van der Waals surface area contributed by atoms with Crippen LogP contribution < -0.4 is 18.9 Å². The van der Waals surface area contributed by atoms with Gasteiger partial charge in [0.15, 0.2) is 23.0 Å². The molecule has 0 radical (unpaired) electrons. The fourth-order valence-electron chi connectivity index (χ4n) is 5.48. The van der Waals surface area contributed by atoms with Gasteiger partial charge in [-0.3, -0.25) is 19.4 Å². The number of hydrogen-bond acceptors (Lipinski definition) is 8. The van der Waals surface area contributed by atoms with Crippen molar-refractivity contribution in [2.75, 3.05) is 65.9 Å². The van der Waals surface area contributed by atoms with Crippen LogP contribution in [-0.4, -0.2) is 109 Å². The number of ether oxygens (including phenoxy) is 4. The molecule has 2 aromatic rings. The highest BCUT2D eigenvalue weighted by atomic mass is 19.3. The van der Waals surface area contributed by atoms with Crippen LogP contribution in [0.15, 0.2) is 36.4 Å². The Morgan fingerprint density at radius 3 is 1.31 bits per heavy atom. The minimum absolute atomic E-state index is 0.138. The molecule has 4 aliphatic heterocycles. The number of alkyl halides is 4. The van der Waals surface area contributed by atoms with Crippen LogP contribution in [0, 0.1) is 0 Å². The molecule has 2 saturated heterocycles. The van der Waals surface area contributed by atoms with Gasteiger partial charge < -0.3 is 28.7 Å². The number of amides is 2. The molecule has 14 heteroatoms. The first kappa shape index (κ1) is 28.3. The van der Waals surface area contributed by atoms with E-state index >= 15 is 0 Å². The summed E-state index contributed by atoms with van der Waals surface area (Å²) in [6.45, 7) is 1.38. The third-order valence-electron chi connectivity index (χ3n) is 7.94. The van der Waals surface area contributed by atoms with Crippen molar-refractivity contribution in [2.45, 2.75) is 24.9 Å². The molecule has 0 saturated carbocycles. The number of piperazine rings is 2. The van der Waals surface area contributed by atoms with Gasteiger partial charge in [0.2, 0.25) is 13.6 Å². The summed E-state index contributed by atoms with van der Waals surface area (Å²) in [6, 6.07) is 10.9. The Labute approximate surface area is 239 Å². The molecule has 4 heterocycles. The Hall–Kier alpha value is -3.78. The molecule has 42 heavy (non-hydrogen) atoms. The van der Waals surface area contributed by atoms with E-state index in [2.05, 4.69) is 0 Å². The zero-order valence-corrected chi connectivity index (χ0v) is 22.7. The minimum atomic E-state index is -5.17. The maximum atomic E-state index is 15.0. The number of rotatable bonds is 7. The standard InChI is InChI=1S/C28H30F4N4O6/c29-27(30,25(37)35-9-5-33(6-10-35)15-19-1-3-21-23(13-19)41-17-39-21)28(31,32)26(38)36-11-7-34(8-12-36)16-20-2-4-22-24(14-20)42-18-40-22/h1-4,13-14H,5-12,15-18H2. The summed E-state index contributed by atoms with van der Waals surface area (Å²) in [6.07, 6.45) is 0. The van der Waals surface area contributed by atoms with Crippen molar-refractivity contribution < 1.29 is 46.1 Å². The Balaban J connectivity index is 1.00. The number of hydrogen-bond donors (Lipinski definition) is 0. The third kappa shape index (κ3) is 5.40. The highest BCUT2D eigenvalue weighted by molar-refractivity contribution is 5.95. The molecule has 0 aromatic heterocycles. The van der Waals surface area contributed by atoms with E-state index in [4.69, 9.17) is 18.9 Å². The van der Waals surface area contributed by atoms with Gasteiger partial charge in [-0.15, -0.1) is 0 Å². The monoisotopic (exact) mass is 594 g/mol. The zero-order chi connectivity index (χ0) is 29.5. The molecule has 0 bridgehead atoms. The first-order valence-corrected chi connectivity index (χ1v) is 13.7. The number of carbonyl (C=O) groups excluding carboxylic acids is 2. The van der Waals surface area contributed by atoms with Gasteiger partial charge in [-0.05, 0) is 35.4 Å². The van der Waals surface area contributed by atoms with E-state index < -0.39 is 23.7 Å². The fourth-order valence-corrected chi connectivity index (χ4v) is 5.48. The molecule has 0 aliphatic carbocycles. The number of nitrogens with zero attached hydrogens (tertiary/aromatic N) is 4. The highest BCUT2D eigenvalue weighted by Gasteiger charge is 2.68. The van der Waals surface area contributed by atoms with Crippen molar-refractivity contribution in [3.8, 4) is 23.0 Å². The van der Waals surface area contributed by atoms with Gasteiger partial charge in [0.05, 0.1) is 0 Å². The van der Waals surface area contributed by atoms with Gasteiger partial charge in [-0.1, -0.05) is 12.1 Å². The lowest BCUT2D eigenvalue weighted by Gasteiger charge is -2.39.